The summed E-state index contributed by atoms with van der Waals surface area (Å²) < 4.78 is 5.44. The molecule has 1 N–H and O–H groups in total. The van der Waals surface area contributed by atoms with Crippen LogP contribution in [0.1, 0.15) is 38.8 Å². The molecular formula is C35H27ClN2O4. The average molecular weight is 575 g/mol. The number of benzene rings is 4. The number of Topliss-reactive ketones (excluding diaryl/α,β-unsaturated/α-hetero) is 2. The molecule has 3 heterocycles. The smallest absolute Gasteiger partial charge is 0.238 e. The zero-order valence-electron chi connectivity index (χ0n) is 23.0. The van der Waals surface area contributed by atoms with E-state index in [1.54, 1.807) is 55.6 Å². The number of halogens is 1. The number of hydrogen-bond donors (Lipinski definition) is 1. The van der Waals surface area contributed by atoms with Gasteiger partial charge in [0.25, 0.3) is 0 Å². The maximum absolute atomic E-state index is 14.9. The van der Waals surface area contributed by atoms with Crippen LogP contribution >= 0.6 is 11.6 Å². The van der Waals surface area contributed by atoms with Crippen molar-refractivity contribution in [3.8, 4) is 5.75 Å². The van der Waals surface area contributed by atoms with E-state index in [4.69, 9.17) is 16.3 Å². The Morgan fingerprint density at radius 3 is 2.45 bits per heavy atom. The highest BCUT2D eigenvalue weighted by Gasteiger charge is 2.70. The number of fused-ring (bicyclic) bond motifs is 6. The minimum atomic E-state index is -1.40. The van der Waals surface area contributed by atoms with E-state index >= 15 is 0 Å². The third-order valence-electron chi connectivity index (χ3n) is 8.93. The molecule has 4 aromatic carbocycles. The van der Waals surface area contributed by atoms with Crippen molar-refractivity contribution in [3.05, 3.63) is 130 Å². The van der Waals surface area contributed by atoms with Crippen molar-refractivity contribution < 1.29 is 19.1 Å². The summed E-state index contributed by atoms with van der Waals surface area (Å²) in [5.41, 5.74) is 3.32. The van der Waals surface area contributed by atoms with Crippen LogP contribution in [0.25, 0.3) is 5.57 Å². The van der Waals surface area contributed by atoms with Crippen molar-refractivity contribution in [2.24, 2.45) is 5.92 Å². The Morgan fingerprint density at radius 2 is 1.64 bits per heavy atom. The number of para-hydroxylation sites is 2. The third-order valence-corrected chi connectivity index (χ3v) is 9.26. The number of anilines is 2. The van der Waals surface area contributed by atoms with Crippen molar-refractivity contribution in [3.63, 3.8) is 0 Å². The molecule has 1 fully saturated rings. The van der Waals surface area contributed by atoms with Gasteiger partial charge >= 0.3 is 0 Å². The van der Waals surface area contributed by atoms with E-state index in [-0.39, 0.29) is 28.1 Å². The normalized spacial score (nSPS) is 23.5. The molecule has 0 saturated carbocycles. The number of ketones is 2. The van der Waals surface area contributed by atoms with E-state index in [1.807, 2.05) is 66.4 Å². The molecule has 42 heavy (non-hydrogen) atoms. The summed E-state index contributed by atoms with van der Waals surface area (Å²) in [5.74, 6) is -1.51. The Balaban J connectivity index is 1.56. The summed E-state index contributed by atoms with van der Waals surface area (Å²) in [7, 11) is 1.54. The lowest BCUT2D eigenvalue weighted by atomic mass is 9.64. The van der Waals surface area contributed by atoms with Crippen molar-refractivity contribution >= 4 is 46.0 Å². The van der Waals surface area contributed by atoms with E-state index in [1.165, 1.54) is 0 Å². The number of ether oxygens (including phenoxy) is 1. The molecule has 0 aromatic heterocycles. The van der Waals surface area contributed by atoms with E-state index < -0.39 is 23.4 Å². The van der Waals surface area contributed by atoms with Crippen molar-refractivity contribution in [2.45, 2.75) is 24.4 Å². The van der Waals surface area contributed by atoms with Gasteiger partial charge in [0.2, 0.25) is 5.91 Å². The molecule has 7 heteroatoms. The SMILES string of the molecule is COc1cccc(C(=O)[C@@H]2[C@H](C(=O)c3ccccc3Cl)[C@@]3(C(=O)Nc4ccccc43)[C@@H]3C=C(C)c4ccccc4N23)c1. The van der Waals surface area contributed by atoms with Gasteiger partial charge in [0.15, 0.2) is 11.6 Å². The number of allylic oxidation sites excluding steroid dienone is 1. The summed E-state index contributed by atoms with van der Waals surface area (Å²) >= 11 is 6.62. The molecular weight excluding hydrogens is 548 g/mol. The number of carbonyl (C=O) groups excluding carboxylic acids is 3. The van der Waals surface area contributed by atoms with Crippen molar-refractivity contribution in [2.75, 3.05) is 17.3 Å². The van der Waals surface area contributed by atoms with E-state index in [0.29, 0.717) is 22.6 Å². The van der Waals surface area contributed by atoms with Gasteiger partial charge in [-0.05, 0) is 54.5 Å². The van der Waals surface area contributed by atoms with Gasteiger partial charge in [0, 0.05) is 28.1 Å². The summed E-state index contributed by atoms with van der Waals surface area (Å²) in [6, 6.07) is 27.4. The maximum atomic E-state index is 14.9. The fourth-order valence-electron chi connectivity index (χ4n) is 7.16. The highest BCUT2D eigenvalue weighted by molar-refractivity contribution is 6.34. The number of methoxy groups -OCH3 is 1. The molecule has 3 aliphatic heterocycles. The Kier molecular flexibility index (Phi) is 6.06. The molecule has 1 amide bonds. The van der Waals surface area contributed by atoms with Crippen LogP contribution in [-0.4, -0.2) is 36.7 Å². The molecule has 208 valence electrons. The number of hydrogen-bond acceptors (Lipinski definition) is 5. The van der Waals surface area contributed by atoms with Gasteiger partial charge in [-0.2, -0.15) is 0 Å². The Morgan fingerprint density at radius 1 is 0.905 bits per heavy atom. The van der Waals surface area contributed by atoms with Gasteiger partial charge in [0.05, 0.1) is 24.1 Å². The van der Waals surface area contributed by atoms with Gasteiger partial charge in [0.1, 0.15) is 17.2 Å². The first-order chi connectivity index (χ1) is 20.4. The number of nitrogens with zero attached hydrogens (tertiary/aromatic N) is 1. The first kappa shape index (κ1) is 26.2. The zero-order chi connectivity index (χ0) is 29.2. The largest absolute Gasteiger partial charge is 0.497 e. The lowest BCUT2D eigenvalue weighted by molar-refractivity contribution is -0.121. The number of amides is 1. The maximum Gasteiger partial charge on any atom is 0.238 e. The monoisotopic (exact) mass is 574 g/mol. The molecule has 4 aromatic rings. The minimum Gasteiger partial charge on any atom is -0.497 e. The van der Waals surface area contributed by atoms with Crippen molar-refractivity contribution in [1.82, 2.24) is 0 Å². The van der Waals surface area contributed by atoms with Gasteiger partial charge in [-0.15, -0.1) is 0 Å². The Hall–Kier alpha value is -4.68. The van der Waals surface area contributed by atoms with Gasteiger partial charge < -0.3 is 15.0 Å². The first-order valence-electron chi connectivity index (χ1n) is 13.8. The second-order valence-corrected chi connectivity index (χ2v) is 11.4. The number of rotatable bonds is 5. The van der Waals surface area contributed by atoms with Gasteiger partial charge in [-0.3, -0.25) is 14.4 Å². The highest BCUT2D eigenvalue weighted by atomic mass is 35.5. The second kappa shape index (κ2) is 9.71. The van der Waals surface area contributed by atoms with Crippen LogP contribution in [0.15, 0.2) is 103 Å². The van der Waals surface area contributed by atoms with Gasteiger partial charge in [-0.1, -0.05) is 78.3 Å². The lowest BCUT2D eigenvalue weighted by Gasteiger charge is -2.39. The van der Waals surface area contributed by atoms with Crippen LogP contribution < -0.4 is 15.0 Å². The Bertz CT molecular complexity index is 1830. The average Bonchev–Trinajstić information content (AvgIpc) is 3.49. The van der Waals surface area contributed by atoms with E-state index in [0.717, 1.165) is 16.8 Å². The molecule has 0 aliphatic carbocycles. The van der Waals surface area contributed by atoms with Crippen LogP contribution in [0.3, 0.4) is 0 Å². The fraction of sp³-hybridized carbons (Fsp3) is 0.171. The standard InChI is InChI=1S/C35H27ClN2O4/c1-20-18-29-35(25-14-5-7-16-27(25)37-34(35)41)30(33(40)24-13-3-6-15-26(24)36)31(38(29)28-17-8-4-12-23(20)28)32(39)21-10-9-11-22(19-21)42-2/h3-19,29-31H,1-2H3,(H,37,41)/t29-,30+,31-,35-/m0/s1. The lowest BCUT2D eigenvalue weighted by Crippen LogP contribution is -2.51. The molecule has 0 bridgehead atoms. The molecule has 0 unspecified atom stereocenters. The second-order valence-electron chi connectivity index (χ2n) is 11.0. The molecule has 7 rings (SSSR count). The number of nitrogens with one attached hydrogen (secondary N) is 1. The van der Waals surface area contributed by atoms with Crippen LogP contribution in [0.5, 0.6) is 5.75 Å². The minimum absolute atomic E-state index is 0.272. The molecule has 4 atom stereocenters. The third kappa shape index (κ3) is 3.55. The summed E-state index contributed by atoms with van der Waals surface area (Å²) in [6.45, 7) is 2.00. The van der Waals surface area contributed by atoms with Crippen molar-refractivity contribution in [1.29, 1.82) is 0 Å². The first-order valence-corrected chi connectivity index (χ1v) is 14.2. The molecule has 1 saturated heterocycles. The quantitative estimate of drug-likeness (QED) is 0.272. The highest BCUT2D eigenvalue weighted by Crippen LogP contribution is 2.59. The predicted octanol–water partition coefficient (Wildman–Crippen LogP) is 6.59. The fourth-order valence-corrected chi connectivity index (χ4v) is 7.39. The van der Waals surface area contributed by atoms with Gasteiger partial charge in [-0.25, -0.2) is 0 Å². The van der Waals surface area contributed by atoms with Crippen LogP contribution in [0.4, 0.5) is 11.4 Å². The Labute approximate surface area is 248 Å². The molecule has 3 aliphatic rings. The summed E-state index contributed by atoms with van der Waals surface area (Å²) in [4.78, 5) is 46.2. The van der Waals surface area contributed by atoms with E-state index in [2.05, 4.69) is 5.32 Å². The van der Waals surface area contributed by atoms with Crippen LogP contribution in [0.2, 0.25) is 5.02 Å². The van der Waals surface area contributed by atoms with Crippen LogP contribution in [0, 0.1) is 5.92 Å². The number of carbonyl (C=O) groups is 3. The van der Waals surface area contributed by atoms with Crippen LogP contribution in [-0.2, 0) is 10.2 Å². The van der Waals surface area contributed by atoms with E-state index in [9.17, 15) is 14.4 Å². The molecule has 6 nitrogen and oxygen atoms in total. The summed E-state index contributed by atoms with van der Waals surface area (Å²) in [5, 5.41) is 3.33. The molecule has 1 spiro atoms. The predicted molar refractivity (Wildman–Crippen MR) is 163 cm³/mol. The zero-order valence-corrected chi connectivity index (χ0v) is 23.8. The summed E-state index contributed by atoms with van der Waals surface area (Å²) in [6.07, 6.45) is 2.04. The molecule has 0 radical (unpaired) electrons. The topological polar surface area (TPSA) is 75.7 Å².